The molecule has 4 heteroatoms. The highest BCUT2D eigenvalue weighted by atomic mass is 35.6. The molecule has 72 valence electrons. The van der Waals surface area contributed by atoms with Crippen LogP contribution in [0.15, 0.2) is 24.3 Å². The van der Waals surface area contributed by atoms with E-state index in [1.807, 2.05) is 19.1 Å². The van der Waals surface area contributed by atoms with Gasteiger partial charge in [0.05, 0.1) is 0 Å². The largest absolute Gasteiger partial charge is 0.384 e. The smallest absolute Gasteiger partial charge is 0.220 e. The van der Waals surface area contributed by atoms with Gasteiger partial charge in [0, 0.05) is 0 Å². The van der Waals surface area contributed by atoms with Crippen molar-refractivity contribution in [3.8, 4) is 0 Å². The first kappa shape index (κ1) is 11.1. The second-order valence-electron chi connectivity index (χ2n) is 2.85. The number of aliphatic hydroxyl groups is 1. The van der Waals surface area contributed by atoms with Crippen molar-refractivity contribution in [2.24, 2.45) is 0 Å². The number of halogens is 3. The van der Waals surface area contributed by atoms with Crippen LogP contribution in [0.25, 0.3) is 0 Å². The van der Waals surface area contributed by atoms with Crippen molar-refractivity contribution in [1.82, 2.24) is 0 Å². The van der Waals surface area contributed by atoms with Gasteiger partial charge in [-0.25, -0.2) is 0 Å². The van der Waals surface area contributed by atoms with E-state index in [0.717, 1.165) is 5.56 Å². The molecule has 0 bridgehead atoms. The molecule has 0 aliphatic heterocycles. The highest BCUT2D eigenvalue weighted by molar-refractivity contribution is 6.68. The number of benzene rings is 1. The fourth-order valence-electron chi connectivity index (χ4n) is 0.938. The molecule has 0 aromatic heterocycles. The molecule has 1 N–H and O–H groups in total. The Kier molecular flexibility index (Phi) is 3.47. The molecule has 0 amide bonds. The Morgan fingerprint density at radius 2 is 1.62 bits per heavy atom. The molecule has 0 saturated carbocycles. The molecule has 1 rings (SSSR count). The molecule has 0 heterocycles. The first-order valence-corrected chi connectivity index (χ1v) is 4.86. The van der Waals surface area contributed by atoms with Crippen molar-refractivity contribution in [2.45, 2.75) is 16.8 Å². The summed E-state index contributed by atoms with van der Waals surface area (Å²) in [6, 6.07) is 7.19. The minimum Gasteiger partial charge on any atom is -0.384 e. The Morgan fingerprint density at radius 3 is 2.00 bits per heavy atom. The predicted molar refractivity (Wildman–Crippen MR) is 56.4 cm³/mol. The van der Waals surface area contributed by atoms with Gasteiger partial charge in [0.1, 0.15) is 6.10 Å². The number of alkyl halides is 3. The summed E-state index contributed by atoms with van der Waals surface area (Å²) in [5.74, 6) is 0. The molecule has 13 heavy (non-hydrogen) atoms. The summed E-state index contributed by atoms with van der Waals surface area (Å²) in [7, 11) is 0. The molecule has 1 aromatic rings. The SMILES string of the molecule is Cc1ccc([C@@H](O)C(Cl)(Cl)Cl)cc1. The van der Waals surface area contributed by atoms with Gasteiger partial charge in [-0.15, -0.1) is 0 Å². The van der Waals surface area contributed by atoms with Gasteiger partial charge in [-0.05, 0) is 12.5 Å². The average molecular weight is 240 g/mol. The van der Waals surface area contributed by atoms with E-state index in [0.29, 0.717) is 5.56 Å². The van der Waals surface area contributed by atoms with Gasteiger partial charge in [-0.2, -0.15) is 0 Å². The average Bonchev–Trinajstić information content (AvgIpc) is 2.03. The molecule has 0 fully saturated rings. The second-order valence-corrected chi connectivity index (χ2v) is 5.22. The molecule has 0 spiro atoms. The monoisotopic (exact) mass is 238 g/mol. The van der Waals surface area contributed by atoms with E-state index < -0.39 is 9.90 Å². The van der Waals surface area contributed by atoms with Crippen molar-refractivity contribution in [2.75, 3.05) is 0 Å². The molecular weight excluding hydrogens is 230 g/mol. The highest BCUT2D eigenvalue weighted by Crippen LogP contribution is 2.39. The van der Waals surface area contributed by atoms with Crippen LogP contribution in [0.4, 0.5) is 0 Å². The van der Waals surface area contributed by atoms with Crippen LogP contribution < -0.4 is 0 Å². The number of aliphatic hydroxyl groups excluding tert-OH is 1. The standard InChI is InChI=1S/C9H9Cl3O/c1-6-2-4-7(5-3-6)8(13)9(10,11)12/h2-5,8,13H,1H3/t8-/m1/s1. The van der Waals surface area contributed by atoms with E-state index in [1.54, 1.807) is 12.1 Å². The van der Waals surface area contributed by atoms with Crippen LogP contribution >= 0.6 is 34.8 Å². The van der Waals surface area contributed by atoms with Gasteiger partial charge in [0.15, 0.2) is 0 Å². The van der Waals surface area contributed by atoms with Gasteiger partial charge < -0.3 is 5.11 Å². The molecule has 0 saturated heterocycles. The maximum absolute atomic E-state index is 9.55. The van der Waals surface area contributed by atoms with Gasteiger partial charge >= 0.3 is 0 Å². The summed E-state index contributed by atoms with van der Waals surface area (Å²) in [5, 5.41) is 9.55. The van der Waals surface area contributed by atoms with Crippen molar-refractivity contribution < 1.29 is 5.11 Å². The molecule has 0 aliphatic rings. The highest BCUT2D eigenvalue weighted by Gasteiger charge is 2.31. The van der Waals surface area contributed by atoms with Crippen LogP contribution in [0.2, 0.25) is 0 Å². The molecule has 1 atom stereocenters. The van der Waals surface area contributed by atoms with Gasteiger partial charge in [0.2, 0.25) is 3.79 Å². The van der Waals surface area contributed by atoms with E-state index in [-0.39, 0.29) is 0 Å². The third-order valence-corrected chi connectivity index (χ3v) is 2.32. The second kappa shape index (κ2) is 4.05. The van der Waals surface area contributed by atoms with Crippen LogP contribution in [0.1, 0.15) is 17.2 Å². The van der Waals surface area contributed by atoms with E-state index in [1.165, 1.54) is 0 Å². The number of hydrogen-bond acceptors (Lipinski definition) is 1. The molecule has 1 aromatic carbocycles. The Morgan fingerprint density at radius 1 is 1.15 bits per heavy atom. The van der Waals surface area contributed by atoms with E-state index >= 15 is 0 Å². The quantitative estimate of drug-likeness (QED) is 0.745. The van der Waals surface area contributed by atoms with Crippen molar-refractivity contribution in [1.29, 1.82) is 0 Å². The van der Waals surface area contributed by atoms with Gasteiger partial charge in [-0.3, -0.25) is 0 Å². The number of aryl methyl sites for hydroxylation is 1. The summed E-state index contributed by atoms with van der Waals surface area (Å²) in [6.45, 7) is 1.95. The predicted octanol–water partition coefficient (Wildman–Crippen LogP) is 3.40. The van der Waals surface area contributed by atoms with Crippen molar-refractivity contribution in [3.63, 3.8) is 0 Å². The first-order valence-electron chi connectivity index (χ1n) is 3.72. The van der Waals surface area contributed by atoms with Gasteiger partial charge in [-0.1, -0.05) is 64.6 Å². The zero-order chi connectivity index (χ0) is 10.1. The maximum atomic E-state index is 9.55. The molecule has 0 unspecified atom stereocenters. The molecule has 1 nitrogen and oxygen atoms in total. The van der Waals surface area contributed by atoms with Crippen molar-refractivity contribution >= 4 is 34.8 Å². The summed E-state index contributed by atoms with van der Waals surface area (Å²) < 4.78 is -1.67. The van der Waals surface area contributed by atoms with Crippen LogP contribution in [0.5, 0.6) is 0 Å². The maximum Gasteiger partial charge on any atom is 0.220 e. The lowest BCUT2D eigenvalue weighted by molar-refractivity contribution is 0.182. The third-order valence-electron chi connectivity index (χ3n) is 1.70. The summed E-state index contributed by atoms with van der Waals surface area (Å²) >= 11 is 16.6. The number of hydrogen-bond donors (Lipinski definition) is 1. The van der Waals surface area contributed by atoms with Crippen LogP contribution in [-0.4, -0.2) is 8.90 Å². The van der Waals surface area contributed by atoms with E-state index in [4.69, 9.17) is 34.8 Å². The minimum absolute atomic E-state index is 0.602. The lowest BCUT2D eigenvalue weighted by atomic mass is 10.1. The lowest BCUT2D eigenvalue weighted by Gasteiger charge is -2.19. The zero-order valence-electron chi connectivity index (χ0n) is 6.97. The van der Waals surface area contributed by atoms with Crippen LogP contribution in [-0.2, 0) is 0 Å². The molecular formula is C9H9Cl3O. The van der Waals surface area contributed by atoms with Gasteiger partial charge in [0.25, 0.3) is 0 Å². The Bertz CT molecular complexity index is 276. The first-order chi connectivity index (χ1) is 5.91. The van der Waals surface area contributed by atoms with E-state index in [2.05, 4.69) is 0 Å². The molecule has 0 aliphatic carbocycles. The fourth-order valence-corrected chi connectivity index (χ4v) is 1.32. The Balaban J connectivity index is 2.90. The Labute approximate surface area is 92.2 Å². The summed E-state index contributed by atoms with van der Waals surface area (Å²) in [6.07, 6.45) is -1.09. The topological polar surface area (TPSA) is 20.2 Å². The minimum atomic E-state index is -1.67. The number of rotatable bonds is 1. The Hall–Kier alpha value is 0.0500. The lowest BCUT2D eigenvalue weighted by Crippen LogP contribution is -2.16. The summed E-state index contributed by atoms with van der Waals surface area (Å²) in [5.41, 5.74) is 1.70. The molecule has 0 radical (unpaired) electrons. The van der Waals surface area contributed by atoms with E-state index in [9.17, 15) is 5.11 Å². The fraction of sp³-hybridized carbons (Fsp3) is 0.333. The summed E-state index contributed by atoms with van der Waals surface area (Å²) in [4.78, 5) is 0. The zero-order valence-corrected chi connectivity index (χ0v) is 9.24. The normalized spacial score (nSPS) is 14.2. The van der Waals surface area contributed by atoms with Crippen LogP contribution in [0.3, 0.4) is 0 Å². The van der Waals surface area contributed by atoms with Crippen LogP contribution in [0, 0.1) is 6.92 Å². The third kappa shape index (κ3) is 3.03. The van der Waals surface area contributed by atoms with Crippen molar-refractivity contribution in [3.05, 3.63) is 35.4 Å².